The summed E-state index contributed by atoms with van der Waals surface area (Å²) in [5.74, 6) is -0.582. The lowest BCUT2D eigenvalue weighted by molar-refractivity contribution is -0.125. The minimum Gasteiger partial charge on any atom is -0.350 e. The number of carbonyl (C=O) groups excluding carboxylic acids is 3. The molecule has 0 aromatic carbocycles. The Balaban J connectivity index is 2.29. The Morgan fingerprint density at radius 2 is 1.84 bits per heavy atom. The lowest BCUT2D eigenvalue weighted by Gasteiger charge is -2.24. The molecular formula is C17H28N4O3S. The number of urea groups is 1. The predicted octanol–water partition coefficient (Wildman–Crippen LogP) is 1.35. The molecule has 0 aliphatic carbocycles. The molecule has 0 fully saturated rings. The van der Waals surface area contributed by atoms with Gasteiger partial charge in [0.2, 0.25) is 11.8 Å². The molecule has 0 spiro atoms. The van der Waals surface area contributed by atoms with E-state index < -0.39 is 11.9 Å². The van der Waals surface area contributed by atoms with Crippen molar-refractivity contribution in [2.45, 2.75) is 39.7 Å². The van der Waals surface area contributed by atoms with Gasteiger partial charge < -0.3 is 10.6 Å². The quantitative estimate of drug-likeness (QED) is 0.646. The van der Waals surface area contributed by atoms with Gasteiger partial charge in [0.25, 0.3) is 0 Å². The van der Waals surface area contributed by atoms with E-state index >= 15 is 0 Å². The lowest BCUT2D eigenvalue weighted by Crippen LogP contribution is -2.49. The van der Waals surface area contributed by atoms with Gasteiger partial charge in [0.1, 0.15) is 0 Å². The summed E-state index contributed by atoms with van der Waals surface area (Å²) in [4.78, 5) is 38.4. The second kappa shape index (κ2) is 10.1. The highest BCUT2D eigenvalue weighted by atomic mass is 32.1. The lowest BCUT2D eigenvalue weighted by atomic mass is 10.1. The van der Waals surface area contributed by atoms with Crippen molar-refractivity contribution in [3.63, 3.8) is 0 Å². The SMILES string of the molecule is CCN(CC(=O)NC(=O)NCCc1cccs1)CC(=O)NC(C)(C)C. The molecule has 1 aromatic rings. The molecule has 140 valence electrons. The molecule has 0 unspecified atom stereocenters. The van der Waals surface area contributed by atoms with Gasteiger partial charge in [-0.3, -0.25) is 19.8 Å². The van der Waals surface area contributed by atoms with Crippen LogP contribution in [0.2, 0.25) is 0 Å². The van der Waals surface area contributed by atoms with Crippen LogP contribution in [0.25, 0.3) is 0 Å². The first-order valence-corrected chi connectivity index (χ1v) is 9.21. The molecule has 1 heterocycles. The smallest absolute Gasteiger partial charge is 0.321 e. The average Bonchev–Trinajstić information content (AvgIpc) is 2.97. The number of thiophene rings is 1. The minimum atomic E-state index is -0.517. The second-order valence-electron chi connectivity index (χ2n) is 6.73. The van der Waals surface area contributed by atoms with Crippen LogP contribution >= 0.6 is 11.3 Å². The molecule has 0 bridgehead atoms. The van der Waals surface area contributed by atoms with Crippen molar-refractivity contribution in [2.75, 3.05) is 26.2 Å². The molecule has 0 saturated carbocycles. The molecule has 8 heteroatoms. The maximum absolute atomic E-state index is 11.9. The van der Waals surface area contributed by atoms with E-state index in [-0.39, 0.29) is 24.5 Å². The highest BCUT2D eigenvalue weighted by Crippen LogP contribution is 2.07. The van der Waals surface area contributed by atoms with Crippen molar-refractivity contribution < 1.29 is 14.4 Å². The molecule has 4 amide bonds. The zero-order chi connectivity index (χ0) is 18.9. The van der Waals surface area contributed by atoms with Crippen molar-refractivity contribution in [1.29, 1.82) is 0 Å². The molecule has 0 radical (unpaired) electrons. The van der Waals surface area contributed by atoms with Crippen molar-refractivity contribution in [3.05, 3.63) is 22.4 Å². The number of rotatable bonds is 8. The summed E-state index contributed by atoms with van der Waals surface area (Å²) < 4.78 is 0. The van der Waals surface area contributed by atoms with E-state index in [1.54, 1.807) is 16.2 Å². The Bertz CT molecular complexity index is 567. The van der Waals surface area contributed by atoms with Crippen LogP contribution in [0.4, 0.5) is 4.79 Å². The Hall–Kier alpha value is -1.93. The molecule has 0 aliphatic heterocycles. The number of imide groups is 1. The summed E-state index contributed by atoms with van der Waals surface area (Å²) in [6, 6.07) is 3.44. The molecule has 0 saturated heterocycles. The van der Waals surface area contributed by atoms with E-state index in [9.17, 15) is 14.4 Å². The Kier molecular flexibility index (Phi) is 8.57. The molecule has 0 atom stereocenters. The van der Waals surface area contributed by atoms with Gasteiger partial charge in [-0.2, -0.15) is 0 Å². The largest absolute Gasteiger partial charge is 0.350 e. The molecule has 7 nitrogen and oxygen atoms in total. The van der Waals surface area contributed by atoms with Gasteiger partial charge in [0, 0.05) is 17.0 Å². The maximum atomic E-state index is 11.9. The first kappa shape index (κ1) is 21.1. The molecule has 1 rings (SSSR count). The van der Waals surface area contributed by atoms with Crippen molar-refractivity contribution in [2.24, 2.45) is 0 Å². The average molecular weight is 369 g/mol. The zero-order valence-corrected chi connectivity index (χ0v) is 16.2. The fraction of sp³-hybridized carbons (Fsp3) is 0.588. The number of amides is 4. The third-order valence-corrected chi connectivity index (χ3v) is 4.12. The van der Waals surface area contributed by atoms with E-state index in [0.29, 0.717) is 13.1 Å². The zero-order valence-electron chi connectivity index (χ0n) is 15.3. The normalized spacial score (nSPS) is 11.2. The van der Waals surface area contributed by atoms with E-state index in [1.807, 2.05) is 45.2 Å². The summed E-state index contributed by atoms with van der Waals surface area (Å²) in [6.45, 7) is 8.65. The monoisotopic (exact) mass is 368 g/mol. The highest BCUT2D eigenvalue weighted by molar-refractivity contribution is 7.09. The first-order chi connectivity index (χ1) is 11.7. The fourth-order valence-corrected chi connectivity index (χ4v) is 2.82. The van der Waals surface area contributed by atoms with E-state index in [0.717, 1.165) is 6.42 Å². The third-order valence-electron chi connectivity index (χ3n) is 3.19. The Labute approximate surface area is 153 Å². The molecule has 3 N–H and O–H groups in total. The van der Waals surface area contributed by atoms with Gasteiger partial charge >= 0.3 is 6.03 Å². The van der Waals surface area contributed by atoms with Crippen LogP contribution in [0.1, 0.15) is 32.6 Å². The van der Waals surface area contributed by atoms with E-state index in [4.69, 9.17) is 0 Å². The van der Waals surface area contributed by atoms with Crippen LogP contribution in [0.15, 0.2) is 17.5 Å². The van der Waals surface area contributed by atoms with Gasteiger partial charge in [-0.15, -0.1) is 11.3 Å². The van der Waals surface area contributed by atoms with Crippen LogP contribution in [0, 0.1) is 0 Å². The van der Waals surface area contributed by atoms with Crippen LogP contribution in [0.5, 0.6) is 0 Å². The Morgan fingerprint density at radius 3 is 2.40 bits per heavy atom. The minimum absolute atomic E-state index is 0.00753. The van der Waals surface area contributed by atoms with Crippen LogP contribution in [0.3, 0.4) is 0 Å². The summed E-state index contributed by atoms with van der Waals surface area (Å²) >= 11 is 1.63. The summed E-state index contributed by atoms with van der Waals surface area (Å²) in [5.41, 5.74) is -0.318. The van der Waals surface area contributed by atoms with Gasteiger partial charge in [0.15, 0.2) is 0 Å². The van der Waals surface area contributed by atoms with Crippen molar-refractivity contribution in [3.8, 4) is 0 Å². The van der Waals surface area contributed by atoms with Crippen LogP contribution in [-0.2, 0) is 16.0 Å². The highest BCUT2D eigenvalue weighted by Gasteiger charge is 2.18. The number of likely N-dealkylation sites (N-methyl/N-ethyl adjacent to an activating group) is 1. The molecular weight excluding hydrogens is 340 g/mol. The van der Waals surface area contributed by atoms with Gasteiger partial charge in [0.05, 0.1) is 13.1 Å². The van der Waals surface area contributed by atoms with E-state index in [1.165, 1.54) is 4.88 Å². The van der Waals surface area contributed by atoms with Crippen LogP contribution in [-0.4, -0.2) is 54.5 Å². The predicted molar refractivity (Wildman–Crippen MR) is 99.6 cm³/mol. The molecule has 25 heavy (non-hydrogen) atoms. The van der Waals surface area contributed by atoms with Crippen molar-refractivity contribution in [1.82, 2.24) is 20.9 Å². The summed E-state index contributed by atoms with van der Waals surface area (Å²) in [5, 5.41) is 9.77. The van der Waals surface area contributed by atoms with Crippen molar-refractivity contribution >= 4 is 29.2 Å². The number of nitrogens with one attached hydrogen (secondary N) is 3. The van der Waals surface area contributed by atoms with Gasteiger partial charge in [-0.25, -0.2) is 4.79 Å². The first-order valence-electron chi connectivity index (χ1n) is 8.33. The number of hydrogen-bond acceptors (Lipinski definition) is 5. The molecule has 0 aliphatic rings. The third kappa shape index (κ3) is 9.83. The fourth-order valence-electron chi connectivity index (χ4n) is 2.11. The number of carbonyl (C=O) groups is 3. The maximum Gasteiger partial charge on any atom is 0.321 e. The number of hydrogen-bond donors (Lipinski definition) is 3. The second-order valence-corrected chi connectivity index (χ2v) is 7.77. The van der Waals surface area contributed by atoms with Gasteiger partial charge in [-0.1, -0.05) is 13.0 Å². The summed E-state index contributed by atoms with van der Waals surface area (Å²) in [6.07, 6.45) is 0.730. The molecule has 1 aromatic heterocycles. The summed E-state index contributed by atoms with van der Waals surface area (Å²) in [7, 11) is 0. The van der Waals surface area contributed by atoms with Crippen LogP contribution < -0.4 is 16.0 Å². The topological polar surface area (TPSA) is 90.5 Å². The standard InChI is InChI=1S/C17H28N4O3S/c1-5-21(12-15(23)20-17(2,3)4)11-14(22)19-16(24)18-9-8-13-7-6-10-25-13/h6-7,10H,5,8-9,11-12H2,1-4H3,(H,20,23)(H2,18,19,22,24). The number of nitrogens with zero attached hydrogens (tertiary/aromatic N) is 1. The van der Waals surface area contributed by atoms with Gasteiger partial charge in [-0.05, 0) is 45.2 Å². The van der Waals surface area contributed by atoms with E-state index in [2.05, 4.69) is 16.0 Å². The Morgan fingerprint density at radius 1 is 1.16 bits per heavy atom.